The van der Waals surface area contributed by atoms with Crippen LogP contribution < -0.4 is 4.74 Å². The standard InChI is InChI=1S/C21H29ClN2O5/c1-6-28-17(25)8-7-15-13-16(19(27-5)23-18(15)22)14-9-11-24(12-10-14)20(26)29-21(2,3)4/h7-8,13-14H,6,9-12H2,1-5H3/b8-7+. The van der Waals surface area contributed by atoms with Crippen molar-refractivity contribution in [1.29, 1.82) is 0 Å². The summed E-state index contributed by atoms with van der Waals surface area (Å²) in [5.74, 6) is 0.175. The van der Waals surface area contributed by atoms with Crippen LogP contribution in [-0.4, -0.2) is 54.4 Å². The van der Waals surface area contributed by atoms with Crippen LogP contribution in [0.1, 0.15) is 57.6 Å². The summed E-state index contributed by atoms with van der Waals surface area (Å²) >= 11 is 6.24. The number of piperidine rings is 1. The summed E-state index contributed by atoms with van der Waals surface area (Å²) in [6.45, 7) is 8.78. The van der Waals surface area contributed by atoms with Crippen LogP contribution in [0.5, 0.6) is 5.88 Å². The molecule has 1 aliphatic rings. The summed E-state index contributed by atoms with van der Waals surface area (Å²) in [6, 6.07) is 1.89. The Hall–Kier alpha value is -2.28. The number of hydrogen-bond acceptors (Lipinski definition) is 6. The normalized spacial score (nSPS) is 15.4. The van der Waals surface area contributed by atoms with Crippen molar-refractivity contribution in [2.24, 2.45) is 0 Å². The molecule has 160 valence electrons. The smallest absolute Gasteiger partial charge is 0.410 e. The van der Waals surface area contributed by atoms with Crippen LogP contribution in [0.3, 0.4) is 0 Å². The zero-order valence-corrected chi connectivity index (χ0v) is 18.4. The maximum Gasteiger partial charge on any atom is 0.410 e. The molecule has 1 fully saturated rings. The number of carbonyl (C=O) groups is 2. The van der Waals surface area contributed by atoms with Gasteiger partial charge < -0.3 is 19.1 Å². The van der Waals surface area contributed by atoms with Gasteiger partial charge in [-0.2, -0.15) is 0 Å². The first-order valence-electron chi connectivity index (χ1n) is 9.71. The summed E-state index contributed by atoms with van der Waals surface area (Å²) in [5, 5.41) is 0.248. The molecule has 2 rings (SSSR count). The second kappa shape index (κ2) is 9.96. The minimum atomic E-state index is -0.516. The fraction of sp³-hybridized carbons (Fsp3) is 0.571. The second-order valence-electron chi connectivity index (χ2n) is 7.79. The highest BCUT2D eigenvalue weighted by atomic mass is 35.5. The van der Waals surface area contributed by atoms with Crippen molar-refractivity contribution in [1.82, 2.24) is 9.88 Å². The first kappa shape index (κ1) is 23.0. The molecule has 29 heavy (non-hydrogen) atoms. The highest BCUT2D eigenvalue weighted by Gasteiger charge is 2.29. The number of amides is 1. The fourth-order valence-electron chi connectivity index (χ4n) is 3.13. The van der Waals surface area contributed by atoms with E-state index in [-0.39, 0.29) is 17.2 Å². The van der Waals surface area contributed by atoms with Gasteiger partial charge in [-0.3, -0.25) is 0 Å². The molecule has 0 unspecified atom stereocenters. The number of rotatable bonds is 5. The number of esters is 1. The Balaban J connectivity index is 2.14. The maximum atomic E-state index is 12.3. The Labute approximate surface area is 177 Å². The van der Waals surface area contributed by atoms with E-state index in [9.17, 15) is 9.59 Å². The molecular formula is C21H29ClN2O5. The third-order valence-corrected chi connectivity index (χ3v) is 4.76. The topological polar surface area (TPSA) is 78.0 Å². The van der Waals surface area contributed by atoms with Crippen molar-refractivity contribution in [3.05, 3.63) is 28.4 Å². The Bertz CT molecular complexity index is 765. The number of hydrogen-bond donors (Lipinski definition) is 0. The fourth-order valence-corrected chi connectivity index (χ4v) is 3.32. The number of carbonyl (C=O) groups excluding carboxylic acids is 2. The summed E-state index contributed by atoms with van der Waals surface area (Å²) < 4.78 is 15.8. The summed E-state index contributed by atoms with van der Waals surface area (Å²) in [6.07, 6.45) is 4.12. The lowest BCUT2D eigenvalue weighted by molar-refractivity contribution is -0.137. The van der Waals surface area contributed by atoms with Gasteiger partial charge in [0.05, 0.1) is 13.7 Å². The molecule has 0 aliphatic carbocycles. The lowest BCUT2D eigenvalue weighted by atomic mass is 9.89. The third kappa shape index (κ3) is 6.63. The van der Waals surface area contributed by atoms with Crippen molar-refractivity contribution in [2.45, 2.75) is 52.1 Å². The number of pyridine rings is 1. The number of nitrogens with zero attached hydrogens (tertiary/aromatic N) is 2. The van der Waals surface area contributed by atoms with E-state index in [1.165, 1.54) is 6.08 Å². The van der Waals surface area contributed by atoms with E-state index >= 15 is 0 Å². The van der Waals surface area contributed by atoms with Crippen molar-refractivity contribution >= 4 is 29.7 Å². The minimum absolute atomic E-state index is 0.156. The molecule has 2 heterocycles. The van der Waals surface area contributed by atoms with Crippen LogP contribution in [0.4, 0.5) is 4.79 Å². The van der Waals surface area contributed by atoms with E-state index in [0.717, 1.165) is 18.4 Å². The minimum Gasteiger partial charge on any atom is -0.481 e. The molecule has 1 aromatic heterocycles. The highest BCUT2D eigenvalue weighted by Crippen LogP contribution is 2.36. The monoisotopic (exact) mass is 424 g/mol. The van der Waals surface area contributed by atoms with Crippen molar-refractivity contribution in [3.8, 4) is 5.88 Å². The second-order valence-corrected chi connectivity index (χ2v) is 8.15. The molecule has 7 nitrogen and oxygen atoms in total. The predicted molar refractivity (Wildman–Crippen MR) is 111 cm³/mol. The molecular weight excluding hydrogens is 396 g/mol. The summed E-state index contributed by atoms with van der Waals surface area (Å²) in [7, 11) is 1.55. The lowest BCUT2D eigenvalue weighted by Gasteiger charge is -2.34. The largest absolute Gasteiger partial charge is 0.481 e. The number of ether oxygens (including phenoxy) is 3. The van der Waals surface area contributed by atoms with Gasteiger partial charge in [-0.1, -0.05) is 11.6 Å². The van der Waals surface area contributed by atoms with Gasteiger partial charge in [0, 0.05) is 30.3 Å². The summed E-state index contributed by atoms with van der Waals surface area (Å²) in [5.41, 5.74) is 1.01. The van der Waals surface area contributed by atoms with Crippen LogP contribution in [0.25, 0.3) is 6.08 Å². The van der Waals surface area contributed by atoms with Gasteiger partial charge in [-0.25, -0.2) is 14.6 Å². The predicted octanol–water partition coefficient (Wildman–Crippen LogP) is 4.43. The average molecular weight is 425 g/mol. The Kier molecular flexibility index (Phi) is 7.90. The van der Waals surface area contributed by atoms with Gasteiger partial charge in [0.25, 0.3) is 0 Å². The summed E-state index contributed by atoms with van der Waals surface area (Å²) in [4.78, 5) is 29.9. The molecule has 0 aromatic carbocycles. The van der Waals surface area contributed by atoms with Crippen LogP contribution in [0.15, 0.2) is 12.1 Å². The molecule has 1 amide bonds. The van der Waals surface area contributed by atoms with E-state index in [1.54, 1.807) is 25.0 Å². The Morgan fingerprint density at radius 1 is 1.31 bits per heavy atom. The van der Waals surface area contributed by atoms with E-state index in [2.05, 4.69) is 4.98 Å². The van der Waals surface area contributed by atoms with Crippen LogP contribution in [0, 0.1) is 0 Å². The first-order valence-corrected chi connectivity index (χ1v) is 10.1. The average Bonchev–Trinajstić information content (AvgIpc) is 2.65. The van der Waals surface area contributed by atoms with E-state index < -0.39 is 11.6 Å². The van der Waals surface area contributed by atoms with Gasteiger partial charge in [-0.15, -0.1) is 0 Å². The van der Waals surface area contributed by atoms with Gasteiger partial charge in [0.15, 0.2) is 0 Å². The number of aromatic nitrogens is 1. The molecule has 1 saturated heterocycles. The molecule has 0 atom stereocenters. The van der Waals surface area contributed by atoms with Crippen LogP contribution in [0.2, 0.25) is 5.15 Å². The van der Waals surface area contributed by atoms with E-state index in [1.807, 2.05) is 26.8 Å². The number of likely N-dealkylation sites (tertiary alicyclic amines) is 1. The molecule has 1 aromatic rings. The molecule has 0 saturated carbocycles. The molecule has 0 bridgehead atoms. The Morgan fingerprint density at radius 2 is 1.97 bits per heavy atom. The number of methoxy groups -OCH3 is 1. The highest BCUT2D eigenvalue weighted by molar-refractivity contribution is 6.31. The molecule has 0 N–H and O–H groups in total. The van der Waals surface area contributed by atoms with E-state index in [4.69, 9.17) is 25.8 Å². The van der Waals surface area contributed by atoms with Crippen molar-refractivity contribution in [3.63, 3.8) is 0 Å². The lowest BCUT2D eigenvalue weighted by Crippen LogP contribution is -2.41. The van der Waals surface area contributed by atoms with E-state index in [0.29, 0.717) is 31.1 Å². The number of halogens is 1. The van der Waals surface area contributed by atoms with Crippen molar-refractivity contribution < 1.29 is 23.8 Å². The first-order chi connectivity index (χ1) is 13.6. The van der Waals surface area contributed by atoms with Crippen LogP contribution >= 0.6 is 11.6 Å². The Morgan fingerprint density at radius 3 is 2.52 bits per heavy atom. The van der Waals surface area contributed by atoms with Gasteiger partial charge in [0.2, 0.25) is 5.88 Å². The maximum absolute atomic E-state index is 12.3. The third-order valence-electron chi connectivity index (χ3n) is 4.46. The SMILES string of the molecule is CCOC(=O)/C=C/c1cc(C2CCN(C(=O)OC(C)(C)C)CC2)c(OC)nc1Cl. The molecule has 0 radical (unpaired) electrons. The molecule has 8 heteroatoms. The molecule has 0 spiro atoms. The van der Waals surface area contributed by atoms with Crippen LogP contribution in [-0.2, 0) is 14.3 Å². The van der Waals surface area contributed by atoms with Gasteiger partial charge in [-0.05, 0) is 58.6 Å². The quantitative estimate of drug-likeness (QED) is 0.395. The zero-order chi connectivity index (χ0) is 21.6. The van der Waals surface area contributed by atoms with Gasteiger partial charge in [0.1, 0.15) is 10.8 Å². The zero-order valence-electron chi connectivity index (χ0n) is 17.7. The van der Waals surface area contributed by atoms with Crippen molar-refractivity contribution in [2.75, 3.05) is 26.8 Å². The van der Waals surface area contributed by atoms with Gasteiger partial charge >= 0.3 is 12.1 Å². The molecule has 1 aliphatic heterocycles.